The van der Waals surface area contributed by atoms with Crippen molar-refractivity contribution < 1.29 is 18.7 Å². The van der Waals surface area contributed by atoms with Crippen molar-refractivity contribution in [3.63, 3.8) is 0 Å². The van der Waals surface area contributed by atoms with Gasteiger partial charge in [0.05, 0.1) is 25.8 Å². The van der Waals surface area contributed by atoms with Crippen LogP contribution in [0.4, 0.5) is 0 Å². The Kier molecular flexibility index (Phi) is 7.47. The summed E-state index contributed by atoms with van der Waals surface area (Å²) in [6, 6.07) is 3.61. The standard InChI is InChI=1S/C15H23NO4/c1-3-5-8-14(17)16(10-9-15(18)19-4-2)12-13-7-6-11-20-13/h6-7,11H,3-5,8-10,12H2,1-2H3. The van der Waals surface area contributed by atoms with Crippen LogP contribution in [0.2, 0.25) is 0 Å². The number of nitrogens with zero attached hydrogens (tertiary/aromatic N) is 1. The monoisotopic (exact) mass is 281 g/mol. The molecule has 0 atom stereocenters. The number of esters is 1. The maximum atomic E-state index is 12.1. The second-order valence-electron chi connectivity index (χ2n) is 4.55. The molecule has 0 radical (unpaired) electrons. The number of amides is 1. The number of ether oxygens (including phenoxy) is 1. The number of rotatable bonds is 9. The molecule has 0 spiro atoms. The maximum absolute atomic E-state index is 12.1. The van der Waals surface area contributed by atoms with Gasteiger partial charge in [0.1, 0.15) is 5.76 Å². The normalized spacial score (nSPS) is 10.3. The number of furan rings is 1. The van der Waals surface area contributed by atoms with Crippen molar-refractivity contribution in [1.29, 1.82) is 0 Å². The largest absolute Gasteiger partial charge is 0.467 e. The summed E-state index contributed by atoms with van der Waals surface area (Å²) in [5, 5.41) is 0. The molecule has 5 nitrogen and oxygen atoms in total. The molecule has 0 saturated heterocycles. The van der Waals surface area contributed by atoms with Gasteiger partial charge in [0.15, 0.2) is 0 Å². The van der Waals surface area contributed by atoms with E-state index in [1.165, 1.54) is 0 Å². The molecule has 0 aliphatic carbocycles. The smallest absolute Gasteiger partial charge is 0.307 e. The average Bonchev–Trinajstić information content (AvgIpc) is 2.94. The maximum Gasteiger partial charge on any atom is 0.307 e. The van der Waals surface area contributed by atoms with Crippen LogP contribution in [0.15, 0.2) is 22.8 Å². The van der Waals surface area contributed by atoms with Crippen LogP contribution in [0.5, 0.6) is 0 Å². The molecule has 1 aromatic heterocycles. The van der Waals surface area contributed by atoms with Crippen molar-refractivity contribution in [2.24, 2.45) is 0 Å². The minimum atomic E-state index is -0.278. The SMILES string of the molecule is CCCCC(=O)N(CCC(=O)OCC)Cc1ccco1. The predicted molar refractivity (Wildman–Crippen MR) is 74.9 cm³/mol. The molecule has 0 aliphatic rings. The molecule has 0 aromatic carbocycles. The fourth-order valence-electron chi connectivity index (χ4n) is 1.83. The van der Waals surface area contributed by atoms with E-state index in [0.29, 0.717) is 26.1 Å². The summed E-state index contributed by atoms with van der Waals surface area (Å²) >= 11 is 0. The van der Waals surface area contributed by atoms with Crippen LogP contribution in [-0.4, -0.2) is 29.9 Å². The average molecular weight is 281 g/mol. The molecular formula is C15H23NO4. The molecule has 1 rings (SSSR count). The van der Waals surface area contributed by atoms with E-state index in [1.54, 1.807) is 24.2 Å². The lowest BCUT2D eigenvalue weighted by atomic mass is 10.2. The molecule has 0 bridgehead atoms. The Bertz CT molecular complexity index is 400. The van der Waals surface area contributed by atoms with Crippen molar-refractivity contribution in [3.05, 3.63) is 24.2 Å². The fraction of sp³-hybridized carbons (Fsp3) is 0.600. The lowest BCUT2D eigenvalue weighted by Crippen LogP contribution is -2.32. The van der Waals surface area contributed by atoms with Crippen LogP contribution >= 0.6 is 0 Å². The van der Waals surface area contributed by atoms with Crippen LogP contribution in [0, 0.1) is 0 Å². The van der Waals surface area contributed by atoms with Crippen molar-refractivity contribution in [2.75, 3.05) is 13.2 Å². The topological polar surface area (TPSA) is 59.8 Å². The van der Waals surface area contributed by atoms with Gasteiger partial charge in [-0.1, -0.05) is 13.3 Å². The quantitative estimate of drug-likeness (QED) is 0.653. The molecule has 1 heterocycles. The number of hydrogen-bond donors (Lipinski definition) is 0. The van der Waals surface area contributed by atoms with Crippen molar-refractivity contribution >= 4 is 11.9 Å². The molecule has 0 N–H and O–H groups in total. The van der Waals surface area contributed by atoms with E-state index in [1.807, 2.05) is 13.0 Å². The second kappa shape index (κ2) is 9.18. The molecule has 0 fully saturated rings. The first kappa shape index (κ1) is 16.3. The van der Waals surface area contributed by atoms with Crippen LogP contribution in [0.3, 0.4) is 0 Å². The van der Waals surface area contributed by atoms with E-state index in [4.69, 9.17) is 9.15 Å². The summed E-state index contributed by atoms with van der Waals surface area (Å²) in [5.74, 6) is 0.492. The lowest BCUT2D eigenvalue weighted by molar-refractivity contribution is -0.144. The van der Waals surface area contributed by atoms with Crippen LogP contribution in [0.25, 0.3) is 0 Å². The third-order valence-corrected chi connectivity index (χ3v) is 2.91. The van der Waals surface area contributed by atoms with E-state index in [-0.39, 0.29) is 18.3 Å². The van der Waals surface area contributed by atoms with Gasteiger partial charge in [-0.15, -0.1) is 0 Å². The molecule has 0 aliphatic heterocycles. The van der Waals surface area contributed by atoms with Crippen LogP contribution in [-0.2, 0) is 20.9 Å². The molecule has 20 heavy (non-hydrogen) atoms. The van der Waals surface area contributed by atoms with Crippen molar-refractivity contribution in [3.8, 4) is 0 Å². The Morgan fingerprint density at radius 2 is 2.10 bits per heavy atom. The third-order valence-electron chi connectivity index (χ3n) is 2.91. The number of hydrogen-bond acceptors (Lipinski definition) is 4. The van der Waals surface area contributed by atoms with Crippen molar-refractivity contribution in [1.82, 2.24) is 4.90 Å². The zero-order chi connectivity index (χ0) is 14.8. The third kappa shape index (κ3) is 5.91. The van der Waals surface area contributed by atoms with Gasteiger partial charge < -0.3 is 14.1 Å². The van der Waals surface area contributed by atoms with E-state index < -0.39 is 0 Å². The summed E-state index contributed by atoms with van der Waals surface area (Å²) < 4.78 is 10.2. The van der Waals surface area contributed by atoms with Gasteiger partial charge in [-0.25, -0.2) is 0 Å². The molecule has 5 heteroatoms. The van der Waals surface area contributed by atoms with Crippen molar-refractivity contribution in [2.45, 2.75) is 46.1 Å². The summed E-state index contributed by atoms with van der Waals surface area (Å²) in [5.41, 5.74) is 0. The lowest BCUT2D eigenvalue weighted by Gasteiger charge is -2.21. The summed E-state index contributed by atoms with van der Waals surface area (Å²) in [6.45, 7) is 4.94. The highest BCUT2D eigenvalue weighted by Gasteiger charge is 2.16. The zero-order valence-electron chi connectivity index (χ0n) is 12.3. The van der Waals surface area contributed by atoms with Gasteiger partial charge in [-0.3, -0.25) is 9.59 Å². The molecular weight excluding hydrogens is 258 g/mol. The Balaban J connectivity index is 2.54. The molecule has 0 saturated carbocycles. The first-order valence-electron chi connectivity index (χ1n) is 7.13. The minimum Gasteiger partial charge on any atom is -0.467 e. The summed E-state index contributed by atoms with van der Waals surface area (Å²) in [6.07, 6.45) is 4.12. The highest BCUT2D eigenvalue weighted by molar-refractivity contribution is 5.77. The number of carbonyl (C=O) groups is 2. The Hall–Kier alpha value is -1.78. The Labute approximate surface area is 119 Å². The first-order valence-corrected chi connectivity index (χ1v) is 7.13. The predicted octanol–water partition coefficient (Wildman–Crippen LogP) is 2.75. The van der Waals surface area contributed by atoms with Gasteiger partial charge in [0.2, 0.25) is 5.91 Å². The molecule has 1 amide bonds. The van der Waals surface area contributed by atoms with E-state index in [0.717, 1.165) is 18.6 Å². The van der Waals surface area contributed by atoms with Gasteiger partial charge >= 0.3 is 5.97 Å². The highest BCUT2D eigenvalue weighted by atomic mass is 16.5. The van der Waals surface area contributed by atoms with E-state index in [9.17, 15) is 9.59 Å². The fourth-order valence-corrected chi connectivity index (χ4v) is 1.83. The van der Waals surface area contributed by atoms with E-state index >= 15 is 0 Å². The summed E-state index contributed by atoms with van der Waals surface area (Å²) in [7, 11) is 0. The second-order valence-corrected chi connectivity index (χ2v) is 4.55. The van der Waals surface area contributed by atoms with Gasteiger partial charge in [0, 0.05) is 13.0 Å². The number of unbranched alkanes of at least 4 members (excludes halogenated alkanes) is 1. The molecule has 112 valence electrons. The van der Waals surface area contributed by atoms with Crippen LogP contribution < -0.4 is 0 Å². The minimum absolute atomic E-state index is 0.0487. The van der Waals surface area contributed by atoms with Crippen LogP contribution in [0.1, 0.15) is 45.3 Å². The molecule has 1 aromatic rings. The first-order chi connectivity index (χ1) is 9.67. The summed E-state index contributed by atoms with van der Waals surface area (Å²) in [4.78, 5) is 25.2. The van der Waals surface area contributed by atoms with Gasteiger partial charge in [0.25, 0.3) is 0 Å². The number of carbonyl (C=O) groups excluding carboxylic acids is 2. The van der Waals surface area contributed by atoms with E-state index in [2.05, 4.69) is 0 Å². The zero-order valence-corrected chi connectivity index (χ0v) is 12.3. The van der Waals surface area contributed by atoms with Gasteiger partial charge in [-0.2, -0.15) is 0 Å². The highest BCUT2D eigenvalue weighted by Crippen LogP contribution is 2.09. The Morgan fingerprint density at radius 1 is 1.30 bits per heavy atom. The Morgan fingerprint density at radius 3 is 2.70 bits per heavy atom. The van der Waals surface area contributed by atoms with Gasteiger partial charge in [-0.05, 0) is 25.5 Å². The molecule has 0 unspecified atom stereocenters.